The molecule has 0 spiro atoms. The first-order valence-corrected chi connectivity index (χ1v) is 17.9. The van der Waals surface area contributed by atoms with Crippen LogP contribution in [-0.2, 0) is 34.0 Å². The largest absolute Gasteiger partial charge is 0.481 e. The first-order chi connectivity index (χ1) is 23.0. The van der Waals surface area contributed by atoms with E-state index in [0.29, 0.717) is 0 Å². The third-order valence-electron chi connectivity index (χ3n) is 6.25. The average molecular weight is 879 g/mol. The molecule has 2 rings (SSSR count). The molecule has 0 aromatic carbocycles. The summed E-state index contributed by atoms with van der Waals surface area (Å²) in [6.45, 7) is 18.4. The standard InChI is InChI=1S/C14H26N6O4.C12H22N6.H2O7S2.6H2O/c1-13(2,11(15)17-7-5-9(21)22)19-20-14(3,4)12(16)18-8-6-10(23)24;1-11(2,9-13-5-6-14-9)17-18-12(3,4)10-15-7-8-16-10;1-8(2,3)7-9(4,5)6;;;;;;/h5-8H2,1-4H3,(H2,15,17)(H2,16,18)(H,21,22)(H,23,24);5-8H2,1-4H3,(H,13,14)(H,15,16);(H,1,2,3)(H,4,5,6);6*1H2. The average Bonchev–Trinajstić information content (AvgIpc) is 3.70. The van der Waals surface area contributed by atoms with Crippen molar-refractivity contribution in [2.75, 3.05) is 39.3 Å². The molecule has 0 aromatic heterocycles. The molecular weight excluding hydrogens is 816 g/mol. The van der Waals surface area contributed by atoms with Gasteiger partial charge in [0.25, 0.3) is 0 Å². The quantitative estimate of drug-likeness (QED) is 0.0313. The maximum Gasteiger partial charge on any atom is 0.413 e. The zero-order chi connectivity index (χ0) is 39.9. The van der Waals surface area contributed by atoms with Gasteiger partial charge in [-0.2, -0.15) is 37.3 Å². The number of carboxylic acid groups (broad SMARTS) is 2. The molecule has 0 radical (unpaired) electrons. The van der Waals surface area contributed by atoms with Gasteiger partial charge in [0, 0.05) is 13.1 Å². The van der Waals surface area contributed by atoms with Gasteiger partial charge in [0.1, 0.15) is 45.5 Å². The lowest BCUT2D eigenvalue weighted by Crippen LogP contribution is -2.41. The molecule has 0 amide bonds. The molecule has 57 heavy (non-hydrogen) atoms. The minimum absolute atomic E-state index is 0. The van der Waals surface area contributed by atoms with Gasteiger partial charge in [-0.15, -0.1) is 3.63 Å². The number of carboxylic acids is 2. The van der Waals surface area contributed by atoms with Crippen molar-refractivity contribution in [1.82, 2.24) is 10.6 Å². The van der Waals surface area contributed by atoms with Crippen LogP contribution in [0.1, 0.15) is 68.2 Å². The van der Waals surface area contributed by atoms with Gasteiger partial charge < -0.3 is 65.2 Å². The molecular formula is C26H62N12O17S2. The van der Waals surface area contributed by atoms with Crippen molar-refractivity contribution < 1.29 is 82.2 Å². The molecule has 0 aromatic rings. The van der Waals surface area contributed by atoms with E-state index in [-0.39, 0.29) is 70.5 Å². The van der Waals surface area contributed by atoms with Crippen molar-refractivity contribution in [2.24, 2.45) is 51.9 Å². The number of amidine groups is 4. The summed E-state index contributed by atoms with van der Waals surface area (Å²) in [5, 5.41) is 40.9. The highest BCUT2D eigenvalue weighted by atomic mass is 32.3. The van der Waals surface area contributed by atoms with E-state index >= 15 is 0 Å². The molecule has 0 atom stereocenters. The molecule has 0 aliphatic carbocycles. The molecule has 0 bridgehead atoms. The van der Waals surface area contributed by atoms with E-state index in [2.05, 4.69) is 54.7 Å². The molecule has 2 heterocycles. The summed E-state index contributed by atoms with van der Waals surface area (Å²) in [5.41, 5.74) is 9.01. The van der Waals surface area contributed by atoms with Gasteiger partial charge in [-0.1, -0.05) is 0 Å². The van der Waals surface area contributed by atoms with E-state index in [1.165, 1.54) is 0 Å². The second kappa shape index (κ2) is 28.0. The lowest BCUT2D eigenvalue weighted by Gasteiger charge is -2.23. The highest BCUT2D eigenvalue weighted by molar-refractivity contribution is 7.94. The Labute approximate surface area is 330 Å². The SMILES string of the molecule is CC(C)(N=NC(C)(C)C(N)=NCCC(=O)O)C(N)=NCCC(=O)O.CC(C)(N=NC(C)(C)C1=NCCN1)C1=NCCN1.O.O.O.O.O.O.O=S(=O)(O)OS(=O)(=O)O. The highest BCUT2D eigenvalue weighted by Gasteiger charge is 2.31. The minimum Gasteiger partial charge on any atom is -0.481 e. The minimum atomic E-state index is -5.12. The Morgan fingerprint density at radius 3 is 1.11 bits per heavy atom. The van der Waals surface area contributed by atoms with Crippen LogP contribution < -0.4 is 22.1 Å². The van der Waals surface area contributed by atoms with E-state index in [1.54, 1.807) is 27.7 Å². The zero-order valence-corrected chi connectivity index (χ0v) is 34.5. The van der Waals surface area contributed by atoms with Crippen molar-refractivity contribution in [1.29, 1.82) is 0 Å². The first-order valence-electron chi connectivity index (χ1n) is 15.2. The van der Waals surface area contributed by atoms with E-state index in [1.807, 2.05) is 27.7 Å². The third kappa shape index (κ3) is 29.5. The molecule has 2 aliphatic heterocycles. The Balaban J connectivity index is -0.000000135. The third-order valence-corrected chi connectivity index (χ3v) is 7.62. The van der Waals surface area contributed by atoms with Gasteiger partial charge in [0.15, 0.2) is 0 Å². The van der Waals surface area contributed by atoms with Gasteiger partial charge in [-0.05, 0) is 55.4 Å². The molecule has 0 unspecified atom stereocenters. The van der Waals surface area contributed by atoms with Gasteiger partial charge in [-0.25, -0.2) is 0 Å². The topological polar surface area (TPSA) is 557 Å². The molecule has 0 fully saturated rings. The smallest absolute Gasteiger partial charge is 0.413 e. The van der Waals surface area contributed by atoms with Crippen LogP contribution in [0.3, 0.4) is 0 Å². The summed E-state index contributed by atoms with van der Waals surface area (Å²) >= 11 is 0. The first kappa shape index (κ1) is 67.3. The molecule has 22 N–H and O–H groups in total. The predicted octanol–water partition coefficient (Wildman–Crippen LogP) is -4.68. The molecule has 340 valence electrons. The summed E-state index contributed by atoms with van der Waals surface area (Å²) in [6.07, 6.45) is -0.245. The van der Waals surface area contributed by atoms with Crippen molar-refractivity contribution in [3.05, 3.63) is 0 Å². The Kier molecular flexibility index (Phi) is 33.1. The van der Waals surface area contributed by atoms with Crippen molar-refractivity contribution in [3.63, 3.8) is 0 Å². The summed E-state index contributed by atoms with van der Waals surface area (Å²) in [7, 11) is -10.2. The summed E-state index contributed by atoms with van der Waals surface area (Å²) in [4.78, 5) is 37.7. The number of aliphatic carboxylic acids is 2. The van der Waals surface area contributed by atoms with E-state index in [4.69, 9.17) is 30.8 Å². The van der Waals surface area contributed by atoms with Crippen LogP contribution in [0, 0.1) is 0 Å². The van der Waals surface area contributed by atoms with Crippen molar-refractivity contribution in [2.45, 2.75) is 90.4 Å². The lowest BCUT2D eigenvalue weighted by molar-refractivity contribution is -0.137. The summed E-state index contributed by atoms with van der Waals surface area (Å²) in [5.74, 6) is 0.232. The number of azo groups is 2. The fraction of sp³-hybridized carbons (Fsp3) is 0.769. The molecule has 2 aliphatic rings. The van der Waals surface area contributed by atoms with Crippen molar-refractivity contribution >= 4 is 56.1 Å². The summed E-state index contributed by atoms with van der Waals surface area (Å²) < 4.78 is 55.6. The number of nitrogens with one attached hydrogen (secondary N) is 2. The molecule has 29 nitrogen and oxygen atoms in total. The van der Waals surface area contributed by atoms with Crippen LogP contribution >= 0.6 is 0 Å². The number of aliphatic imine (C=N–C) groups is 4. The van der Waals surface area contributed by atoms with Crippen LogP contribution in [0.4, 0.5) is 0 Å². The van der Waals surface area contributed by atoms with Gasteiger partial charge >= 0.3 is 32.7 Å². The maximum atomic E-state index is 10.5. The van der Waals surface area contributed by atoms with Gasteiger partial charge in [-0.3, -0.25) is 38.7 Å². The lowest BCUT2D eigenvalue weighted by atomic mass is 10.0. The van der Waals surface area contributed by atoms with Crippen LogP contribution in [0.5, 0.6) is 0 Å². The maximum absolute atomic E-state index is 10.5. The van der Waals surface area contributed by atoms with Crippen LogP contribution in [-0.4, -0.2) is 166 Å². The fourth-order valence-electron chi connectivity index (χ4n) is 3.35. The monoisotopic (exact) mass is 878 g/mol. The Morgan fingerprint density at radius 2 is 0.912 bits per heavy atom. The number of hydrogen-bond donors (Lipinski definition) is 8. The van der Waals surface area contributed by atoms with Gasteiger partial charge in [0.2, 0.25) is 0 Å². The van der Waals surface area contributed by atoms with E-state index in [9.17, 15) is 26.4 Å². The Hall–Kier alpha value is -4.44. The number of rotatable bonds is 16. The molecule has 31 heteroatoms. The number of nitrogens with two attached hydrogens (primary N) is 2. The highest BCUT2D eigenvalue weighted by Crippen LogP contribution is 2.20. The van der Waals surface area contributed by atoms with Crippen LogP contribution in [0.2, 0.25) is 0 Å². The normalized spacial score (nSPS) is 14.6. The van der Waals surface area contributed by atoms with E-state index < -0.39 is 54.9 Å². The fourth-order valence-corrected chi connectivity index (χ4v) is 4.22. The number of nitrogens with zero attached hydrogens (tertiary/aromatic N) is 8. The second-order valence-corrected chi connectivity index (χ2v) is 15.0. The molecule has 0 saturated carbocycles. The van der Waals surface area contributed by atoms with Crippen LogP contribution in [0.15, 0.2) is 40.4 Å². The zero-order valence-electron chi connectivity index (χ0n) is 32.9. The number of carbonyl (C=O) groups is 2. The van der Waals surface area contributed by atoms with Crippen LogP contribution in [0.25, 0.3) is 0 Å². The summed E-state index contributed by atoms with van der Waals surface area (Å²) in [6, 6.07) is 0. The number of hydrogen-bond acceptors (Lipinski definition) is 17. The Morgan fingerprint density at radius 1 is 0.632 bits per heavy atom. The van der Waals surface area contributed by atoms with Crippen molar-refractivity contribution in [3.8, 4) is 0 Å². The second-order valence-electron chi connectivity index (χ2n) is 12.7. The predicted molar refractivity (Wildman–Crippen MR) is 210 cm³/mol. The van der Waals surface area contributed by atoms with Gasteiger partial charge in [0.05, 0.1) is 39.0 Å². The molecule has 0 saturated heterocycles. The Bertz CT molecular complexity index is 1510. The van der Waals surface area contributed by atoms with E-state index in [0.717, 1.165) is 37.9 Å².